The van der Waals surface area contributed by atoms with E-state index in [9.17, 15) is 0 Å². The zero-order valence-electron chi connectivity index (χ0n) is 13.0. The fraction of sp³-hybridized carbons (Fsp3) is 1.00. The number of unbranched alkanes of at least 4 members (excludes halogenated alkanes) is 5. The summed E-state index contributed by atoms with van der Waals surface area (Å²) in [5.41, 5.74) is 0. The third-order valence-corrected chi connectivity index (χ3v) is 10.2. The summed E-state index contributed by atoms with van der Waals surface area (Å²) < 4.78 is 0. The van der Waals surface area contributed by atoms with Crippen molar-refractivity contribution in [2.75, 3.05) is 24.6 Å². The Morgan fingerprint density at radius 3 is 1.41 bits per heavy atom. The van der Waals surface area contributed by atoms with Crippen LogP contribution in [-0.4, -0.2) is 24.6 Å². The predicted molar refractivity (Wildman–Crippen MR) is 87.4 cm³/mol. The van der Waals surface area contributed by atoms with E-state index < -0.39 is 7.26 Å². The van der Waals surface area contributed by atoms with Gasteiger partial charge in [-0.3, -0.25) is 0 Å². The van der Waals surface area contributed by atoms with Crippen molar-refractivity contribution in [3.63, 3.8) is 0 Å². The molecule has 0 radical (unpaired) electrons. The van der Waals surface area contributed by atoms with Gasteiger partial charge in [-0.2, -0.15) is 0 Å². The SMILES string of the molecule is CCCCCC[PH](CC)(CCCC)CCCC. The van der Waals surface area contributed by atoms with Crippen molar-refractivity contribution >= 4 is 7.26 Å². The van der Waals surface area contributed by atoms with Gasteiger partial charge in [-0.15, -0.1) is 0 Å². The van der Waals surface area contributed by atoms with Crippen LogP contribution in [0.1, 0.15) is 79.1 Å². The van der Waals surface area contributed by atoms with Crippen molar-refractivity contribution in [1.29, 1.82) is 0 Å². The molecule has 0 rings (SSSR count). The van der Waals surface area contributed by atoms with E-state index in [2.05, 4.69) is 27.7 Å². The summed E-state index contributed by atoms with van der Waals surface area (Å²) >= 11 is 0. The first-order valence-corrected chi connectivity index (χ1v) is 11.1. The van der Waals surface area contributed by atoms with E-state index >= 15 is 0 Å². The van der Waals surface area contributed by atoms with Gasteiger partial charge in [0.05, 0.1) is 0 Å². The molecule has 106 valence electrons. The Labute approximate surface area is 111 Å². The standard InChI is InChI=1S/C16H37P/c1-5-9-12-13-16-17(8-4,14-10-6-2)15-11-7-3/h17H,5-16H2,1-4H3. The Bertz CT molecular complexity index is 146. The molecule has 0 aliphatic heterocycles. The van der Waals surface area contributed by atoms with Crippen molar-refractivity contribution in [1.82, 2.24) is 0 Å². The summed E-state index contributed by atoms with van der Waals surface area (Å²) in [4.78, 5) is 0. The summed E-state index contributed by atoms with van der Waals surface area (Å²) in [6.07, 6.45) is 18.0. The van der Waals surface area contributed by atoms with Gasteiger partial charge < -0.3 is 0 Å². The van der Waals surface area contributed by atoms with Gasteiger partial charge in [0.2, 0.25) is 0 Å². The second kappa shape index (κ2) is 11.5. The second-order valence-electron chi connectivity index (χ2n) is 5.87. The predicted octanol–water partition coefficient (Wildman–Crippen LogP) is 5.94. The summed E-state index contributed by atoms with van der Waals surface area (Å²) in [7, 11) is -0.861. The van der Waals surface area contributed by atoms with Gasteiger partial charge in [0.25, 0.3) is 0 Å². The molecule has 0 fully saturated rings. The molecule has 0 amide bonds. The van der Waals surface area contributed by atoms with E-state index in [0.717, 1.165) is 0 Å². The van der Waals surface area contributed by atoms with Crippen LogP contribution in [0.4, 0.5) is 0 Å². The number of hydrogen-bond donors (Lipinski definition) is 0. The van der Waals surface area contributed by atoms with Crippen LogP contribution >= 0.6 is 7.26 Å². The van der Waals surface area contributed by atoms with Crippen molar-refractivity contribution in [2.45, 2.75) is 79.1 Å². The van der Waals surface area contributed by atoms with Crippen molar-refractivity contribution in [3.05, 3.63) is 0 Å². The van der Waals surface area contributed by atoms with Gasteiger partial charge in [-0.1, -0.05) is 0 Å². The number of rotatable bonds is 12. The van der Waals surface area contributed by atoms with Gasteiger partial charge in [0.1, 0.15) is 0 Å². The van der Waals surface area contributed by atoms with Gasteiger partial charge in [-0.05, 0) is 0 Å². The van der Waals surface area contributed by atoms with Crippen molar-refractivity contribution < 1.29 is 0 Å². The molecule has 0 unspecified atom stereocenters. The average molecular weight is 260 g/mol. The van der Waals surface area contributed by atoms with E-state index in [0.29, 0.717) is 0 Å². The fourth-order valence-electron chi connectivity index (χ4n) is 2.94. The van der Waals surface area contributed by atoms with E-state index in [-0.39, 0.29) is 0 Å². The van der Waals surface area contributed by atoms with Gasteiger partial charge in [-0.25, -0.2) is 0 Å². The van der Waals surface area contributed by atoms with E-state index in [1.807, 2.05) is 0 Å². The van der Waals surface area contributed by atoms with Crippen LogP contribution in [0.3, 0.4) is 0 Å². The van der Waals surface area contributed by atoms with Crippen LogP contribution in [0.2, 0.25) is 0 Å². The maximum atomic E-state index is 2.48. The Morgan fingerprint density at radius 2 is 1.00 bits per heavy atom. The summed E-state index contributed by atoms with van der Waals surface area (Å²) in [5, 5.41) is 0. The van der Waals surface area contributed by atoms with Crippen LogP contribution in [0.5, 0.6) is 0 Å². The van der Waals surface area contributed by atoms with E-state index in [4.69, 9.17) is 0 Å². The molecule has 0 nitrogen and oxygen atoms in total. The van der Waals surface area contributed by atoms with Gasteiger partial charge in [0, 0.05) is 0 Å². The second-order valence-corrected chi connectivity index (χ2v) is 11.1. The van der Waals surface area contributed by atoms with Crippen molar-refractivity contribution in [3.8, 4) is 0 Å². The quantitative estimate of drug-likeness (QED) is 0.301. The molecule has 1 heteroatoms. The van der Waals surface area contributed by atoms with Crippen LogP contribution < -0.4 is 0 Å². The molecule has 0 heterocycles. The molecular formula is C16H37P. The van der Waals surface area contributed by atoms with Crippen LogP contribution in [0.15, 0.2) is 0 Å². The van der Waals surface area contributed by atoms with Gasteiger partial charge in [0.15, 0.2) is 0 Å². The van der Waals surface area contributed by atoms with Crippen molar-refractivity contribution in [2.24, 2.45) is 0 Å². The third-order valence-electron chi connectivity index (χ3n) is 4.43. The minimum absolute atomic E-state index is 0.861. The first kappa shape index (κ1) is 17.4. The normalized spacial score (nSPS) is 12.9. The first-order valence-electron chi connectivity index (χ1n) is 8.24. The summed E-state index contributed by atoms with van der Waals surface area (Å²) in [6.45, 7) is 9.51. The average Bonchev–Trinajstić information content (AvgIpc) is 2.37. The molecule has 0 aromatic heterocycles. The van der Waals surface area contributed by atoms with Crippen LogP contribution in [0.25, 0.3) is 0 Å². The fourth-order valence-corrected chi connectivity index (χ4v) is 7.95. The topological polar surface area (TPSA) is 0 Å². The Kier molecular flexibility index (Phi) is 11.8. The molecule has 17 heavy (non-hydrogen) atoms. The molecule has 0 aliphatic rings. The Balaban J connectivity index is 4.12. The molecule has 0 spiro atoms. The summed E-state index contributed by atoms with van der Waals surface area (Å²) in [5.74, 6) is 0. The molecule has 0 bridgehead atoms. The Morgan fingerprint density at radius 1 is 0.529 bits per heavy atom. The minimum atomic E-state index is -0.861. The van der Waals surface area contributed by atoms with Crippen LogP contribution in [-0.2, 0) is 0 Å². The molecule has 0 aromatic carbocycles. The first-order chi connectivity index (χ1) is 8.24. The number of hydrogen-bond acceptors (Lipinski definition) is 0. The molecule has 0 N–H and O–H groups in total. The third kappa shape index (κ3) is 8.20. The van der Waals surface area contributed by atoms with Crippen LogP contribution in [0, 0.1) is 0 Å². The molecule has 0 aliphatic carbocycles. The molecular weight excluding hydrogens is 223 g/mol. The molecule has 0 aromatic rings. The van der Waals surface area contributed by atoms with E-state index in [1.54, 1.807) is 24.6 Å². The molecule has 0 saturated carbocycles. The van der Waals surface area contributed by atoms with Gasteiger partial charge >= 0.3 is 111 Å². The van der Waals surface area contributed by atoms with E-state index in [1.165, 1.54) is 51.4 Å². The molecule has 0 saturated heterocycles. The zero-order chi connectivity index (χ0) is 13.0. The zero-order valence-corrected chi connectivity index (χ0v) is 14.0. The molecule has 0 atom stereocenters. The Hall–Kier alpha value is 0.430. The summed E-state index contributed by atoms with van der Waals surface area (Å²) in [6, 6.07) is 0. The monoisotopic (exact) mass is 260 g/mol. The maximum absolute atomic E-state index is 2.48.